The highest BCUT2D eigenvalue weighted by Gasteiger charge is 2.36. The molecule has 3 heterocycles. The van der Waals surface area contributed by atoms with Crippen molar-refractivity contribution in [2.24, 2.45) is 0 Å². The smallest absolute Gasteiger partial charge is 0.409 e. The summed E-state index contributed by atoms with van der Waals surface area (Å²) in [6.07, 6.45) is 6.83. The van der Waals surface area contributed by atoms with Crippen LogP contribution in [0.15, 0.2) is 46.5 Å². The molecule has 10 heteroatoms. The van der Waals surface area contributed by atoms with E-state index in [1.807, 2.05) is 0 Å². The third kappa shape index (κ3) is 4.62. The summed E-state index contributed by atoms with van der Waals surface area (Å²) in [6.45, 7) is 1.33. The SMILES string of the molecule is COC(=O)N1CCC(c2nccnc2OC2CC(NN3Sc4ccccc4S3)C2)CC1. The van der Waals surface area contributed by atoms with E-state index in [0.29, 0.717) is 25.0 Å². The number of methoxy groups -OCH3 is 1. The summed E-state index contributed by atoms with van der Waals surface area (Å²) in [7, 11) is 1.42. The number of ether oxygens (including phenoxy) is 2. The predicted molar refractivity (Wildman–Crippen MR) is 119 cm³/mol. The number of likely N-dealkylation sites (tertiary alicyclic amines) is 1. The van der Waals surface area contributed by atoms with E-state index in [2.05, 4.69) is 43.5 Å². The topological polar surface area (TPSA) is 79.8 Å². The molecular weight excluding hydrogens is 434 g/mol. The van der Waals surface area contributed by atoms with Gasteiger partial charge in [-0.3, -0.25) is 4.98 Å². The van der Waals surface area contributed by atoms with E-state index in [0.717, 1.165) is 31.4 Å². The lowest BCUT2D eigenvalue weighted by molar-refractivity contribution is 0.0681. The zero-order valence-electron chi connectivity index (χ0n) is 17.3. The van der Waals surface area contributed by atoms with Crippen LogP contribution >= 0.6 is 23.9 Å². The van der Waals surface area contributed by atoms with E-state index in [4.69, 9.17) is 9.47 Å². The summed E-state index contributed by atoms with van der Waals surface area (Å²) >= 11 is 3.46. The van der Waals surface area contributed by atoms with E-state index in [1.54, 1.807) is 41.2 Å². The normalized spacial score (nSPS) is 23.8. The first-order valence-corrected chi connectivity index (χ1v) is 12.1. The molecule has 5 rings (SSSR count). The number of fused-ring (bicyclic) bond motifs is 1. The minimum Gasteiger partial charge on any atom is -0.473 e. The van der Waals surface area contributed by atoms with Crippen molar-refractivity contribution in [1.82, 2.24) is 24.1 Å². The minimum absolute atomic E-state index is 0.142. The number of nitrogens with zero attached hydrogens (tertiary/aromatic N) is 4. The Morgan fingerprint density at radius 1 is 1.10 bits per heavy atom. The summed E-state index contributed by atoms with van der Waals surface area (Å²) < 4.78 is 13.2. The molecule has 0 unspecified atom stereocenters. The maximum absolute atomic E-state index is 11.7. The van der Waals surface area contributed by atoms with Crippen LogP contribution < -0.4 is 10.2 Å². The van der Waals surface area contributed by atoms with Gasteiger partial charge in [-0.15, -0.1) is 3.82 Å². The third-order valence-electron chi connectivity index (χ3n) is 5.88. The lowest BCUT2D eigenvalue weighted by atomic mass is 9.89. The average molecular weight is 460 g/mol. The molecule has 8 nitrogen and oxygen atoms in total. The van der Waals surface area contributed by atoms with Crippen LogP contribution in [0.25, 0.3) is 0 Å². The zero-order valence-corrected chi connectivity index (χ0v) is 18.9. The van der Waals surface area contributed by atoms with Crippen molar-refractivity contribution in [3.05, 3.63) is 42.4 Å². The highest BCUT2D eigenvalue weighted by molar-refractivity contribution is 8.14. The Morgan fingerprint density at radius 2 is 1.77 bits per heavy atom. The predicted octanol–water partition coefficient (Wildman–Crippen LogP) is 3.87. The van der Waals surface area contributed by atoms with Crippen molar-refractivity contribution in [1.29, 1.82) is 0 Å². The Morgan fingerprint density at radius 3 is 2.45 bits per heavy atom. The fourth-order valence-electron chi connectivity index (χ4n) is 4.10. The molecule has 1 saturated carbocycles. The molecule has 2 aromatic rings. The van der Waals surface area contributed by atoms with E-state index >= 15 is 0 Å². The second-order valence-electron chi connectivity index (χ2n) is 7.90. The van der Waals surface area contributed by atoms with Crippen LogP contribution in [0.2, 0.25) is 0 Å². The van der Waals surface area contributed by atoms with Gasteiger partial charge in [0.25, 0.3) is 0 Å². The first-order chi connectivity index (χ1) is 15.2. The molecule has 164 valence electrons. The van der Waals surface area contributed by atoms with Crippen molar-refractivity contribution in [3.8, 4) is 5.88 Å². The Hall–Kier alpha value is -2.01. The van der Waals surface area contributed by atoms with Crippen LogP contribution in [0.3, 0.4) is 0 Å². The van der Waals surface area contributed by atoms with Gasteiger partial charge in [-0.1, -0.05) is 12.1 Å². The number of hydrogen-bond acceptors (Lipinski definition) is 9. The molecular formula is C21H25N5O3S2. The van der Waals surface area contributed by atoms with Gasteiger partial charge in [-0.05, 0) is 48.9 Å². The van der Waals surface area contributed by atoms with Gasteiger partial charge >= 0.3 is 6.09 Å². The van der Waals surface area contributed by atoms with E-state index in [-0.39, 0.29) is 18.1 Å². The molecule has 1 amide bonds. The summed E-state index contributed by atoms with van der Waals surface area (Å²) in [6, 6.07) is 8.82. The summed E-state index contributed by atoms with van der Waals surface area (Å²) in [5.41, 5.74) is 4.48. The number of hydrazine groups is 1. The molecule has 0 bridgehead atoms. The van der Waals surface area contributed by atoms with Crippen LogP contribution in [0.1, 0.15) is 37.3 Å². The molecule has 1 saturated heterocycles. The first-order valence-electron chi connectivity index (χ1n) is 10.5. The van der Waals surface area contributed by atoms with Crippen molar-refractivity contribution in [3.63, 3.8) is 0 Å². The molecule has 2 fully saturated rings. The van der Waals surface area contributed by atoms with Gasteiger partial charge in [0.05, 0.1) is 7.11 Å². The summed E-state index contributed by atoms with van der Waals surface area (Å²) in [4.78, 5) is 25.1. The molecule has 1 N–H and O–H groups in total. The number of aromatic nitrogens is 2. The number of amides is 1. The molecule has 3 aliphatic rings. The number of rotatable bonds is 5. The van der Waals surface area contributed by atoms with Crippen molar-refractivity contribution < 1.29 is 14.3 Å². The van der Waals surface area contributed by atoms with Crippen molar-refractivity contribution >= 4 is 30.0 Å². The highest BCUT2D eigenvalue weighted by Crippen LogP contribution is 2.45. The monoisotopic (exact) mass is 459 g/mol. The quantitative estimate of drug-likeness (QED) is 0.670. The largest absolute Gasteiger partial charge is 0.473 e. The Balaban J connectivity index is 1.12. The fraction of sp³-hybridized carbons (Fsp3) is 0.476. The van der Waals surface area contributed by atoms with E-state index in [1.165, 1.54) is 16.9 Å². The molecule has 1 aliphatic carbocycles. The molecule has 1 aromatic heterocycles. The molecule has 0 spiro atoms. The van der Waals surface area contributed by atoms with Crippen LogP contribution in [0, 0.1) is 0 Å². The van der Waals surface area contributed by atoms with Gasteiger partial charge in [0.2, 0.25) is 5.88 Å². The maximum Gasteiger partial charge on any atom is 0.409 e. The standard InChI is InChI=1S/C21H25N5O3S2/c1-28-21(27)25-10-6-14(7-11-25)19-20(23-9-8-22-19)29-16-12-15(13-16)24-26-30-17-4-2-3-5-18(17)31-26/h2-5,8-9,14-16,24H,6-7,10-13H2,1H3. The number of carbonyl (C=O) groups excluding carboxylic acids is 1. The molecule has 2 aliphatic heterocycles. The van der Waals surface area contributed by atoms with Crippen LogP contribution in [0.5, 0.6) is 5.88 Å². The summed E-state index contributed by atoms with van der Waals surface area (Å²) in [5, 5.41) is 0. The molecule has 0 radical (unpaired) electrons. The lowest BCUT2D eigenvalue weighted by Gasteiger charge is -2.37. The number of benzene rings is 1. The number of hydrogen-bond donors (Lipinski definition) is 1. The van der Waals surface area contributed by atoms with Gasteiger partial charge < -0.3 is 14.4 Å². The van der Waals surface area contributed by atoms with E-state index < -0.39 is 0 Å². The Labute approximate surface area is 190 Å². The summed E-state index contributed by atoms with van der Waals surface area (Å²) in [5.74, 6) is 0.884. The Bertz CT molecular complexity index is 910. The molecule has 31 heavy (non-hydrogen) atoms. The second kappa shape index (κ2) is 9.23. The molecule has 0 atom stereocenters. The van der Waals surface area contributed by atoms with Crippen LogP contribution in [-0.2, 0) is 4.74 Å². The van der Waals surface area contributed by atoms with Gasteiger partial charge in [0.1, 0.15) is 11.8 Å². The highest BCUT2D eigenvalue weighted by atomic mass is 32.2. The van der Waals surface area contributed by atoms with Crippen molar-refractivity contribution in [2.45, 2.75) is 53.5 Å². The Kier molecular flexibility index (Phi) is 6.22. The lowest BCUT2D eigenvalue weighted by Crippen LogP contribution is -2.49. The zero-order chi connectivity index (χ0) is 21.2. The van der Waals surface area contributed by atoms with Crippen LogP contribution in [-0.4, -0.2) is 57.1 Å². The molecule has 1 aromatic carbocycles. The minimum atomic E-state index is -0.264. The fourth-order valence-corrected chi connectivity index (χ4v) is 6.31. The number of nitrogens with one attached hydrogen (secondary N) is 1. The van der Waals surface area contributed by atoms with Gasteiger partial charge in [0.15, 0.2) is 0 Å². The first kappa shape index (κ1) is 20.9. The van der Waals surface area contributed by atoms with Gasteiger partial charge in [-0.25, -0.2) is 15.2 Å². The van der Waals surface area contributed by atoms with Gasteiger partial charge in [0, 0.05) is 60.1 Å². The van der Waals surface area contributed by atoms with Crippen molar-refractivity contribution in [2.75, 3.05) is 20.2 Å². The second-order valence-corrected chi connectivity index (χ2v) is 10.1. The van der Waals surface area contributed by atoms with Gasteiger partial charge in [-0.2, -0.15) is 0 Å². The number of piperidine rings is 1. The number of carbonyl (C=O) groups is 1. The third-order valence-corrected chi connectivity index (χ3v) is 8.10. The maximum atomic E-state index is 11.7. The average Bonchev–Trinajstić information content (AvgIpc) is 3.20. The van der Waals surface area contributed by atoms with E-state index in [9.17, 15) is 4.79 Å². The van der Waals surface area contributed by atoms with Crippen LogP contribution in [0.4, 0.5) is 4.79 Å².